The molecule has 2 rings (SSSR count). The van der Waals surface area contributed by atoms with Crippen LogP contribution in [0.3, 0.4) is 0 Å². The molecular formula is C14H11ClFNOS. The van der Waals surface area contributed by atoms with Crippen molar-refractivity contribution in [3.8, 4) is 11.5 Å². The van der Waals surface area contributed by atoms with Crippen molar-refractivity contribution in [2.24, 2.45) is 5.73 Å². The molecule has 0 saturated carbocycles. The van der Waals surface area contributed by atoms with Crippen LogP contribution in [0.5, 0.6) is 11.5 Å². The van der Waals surface area contributed by atoms with Gasteiger partial charge in [0.1, 0.15) is 22.3 Å². The summed E-state index contributed by atoms with van der Waals surface area (Å²) < 4.78 is 18.9. The highest BCUT2D eigenvalue weighted by Crippen LogP contribution is 2.28. The highest BCUT2D eigenvalue weighted by molar-refractivity contribution is 7.80. The van der Waals surface area contributed by atoms with Crippen molar-refractivity contribution in [2.45, 2.75) is 6.92 Å². The number of aryl methyl sites for hydroxylation is 1. The van der Waals surface area contributed by atoms with E-state index in [1.54, 1.807) is 37.3 Å². The number of hydrogen-bond acceptors (Lipinski definition) is 2. The van der Waals surface area contributed by atoms with Gasteiger partial charge in [0.15, 0.2) is 0 Å². The van der Waals surface area contributed by atoms with Crippen molar-refractivity contribution in [3.63, 3.8) is 0 Å². The van der Waals surface area contributed by atoms with E-state index in [0.29, 0.717) is 27.6 Å². The molecule has 0 spiro atoms. The number of benzene rings is 2. The lowest BCUT2D eigenvalue weighted by Gasteiger charge is -2.11. The van der Waals surface area contributed by atoms with Crippen LogP contribution in [0.1, 0.15) is 11.1 Å². The van der Waals surface area contributed by atoms with Gasteiger partial charge in [-0.1, -0.05) is 23.8 Å². The van der Waals surface area contributed by atoms with Gasteiger partial charge in [-0.05, 0) is 48.9 Å². The molecule has 0 aliphatic carbocycles. The molecule has 0 aliphatic heterocycles. The molecule has 0 unspecified atom stereocenters. The van der Waals surface area contributed by atoms with Crippen molar-refractivity contribution >= 4 is 28.8 Å². The third kappa shape index (κ3) is 3.22. The second-order valence-corrected chi connectivity index (χ2v) is 4.89. The summed E-state index contributed by atoms with van der Waals surface area (Å²) in [6, 6.07) is 9.48. The van der Waals surface area contributed by atoms with E-state index < -0.39 is 0 Å². The number of rotatable bonds is 3. The van der Waals surface area contributed by atoms with Crippen LogP contribution in [0.2, 0.25) is 5.02 Å². The average molecular weight is 296 g/mol. The second kappa shape index (κ2) is 5.55. The number of ether oxygens (including phenoxy) is 1. The van der Waals surface area contributed by atoms with Gasteiger partial charge in [0.2, 0.25) is 0 Å². The average Bonchev–Trinajstić information content (AvgIpc) is 2.36. The molecule has 2 aromatic carbocycles. The van der Waals surface area contributed by atoms with Gasteiger partial charge in [-0.15, -0.1) is 0 Å². The maximum atomic E-state index is 13.2. The molecule has 98 valence electrons. The van der Waals surface area contributed by atoms with Crippen LogP contribution >= 0.6 is 23.8 Å². The SMILES string of the molecule is Cc1cc(Oc2ccc(Cl)cc2C(N)=S)ccc1F. The molecule has 19 heavy (non-hydrogen) atoms. The molecule has 0 fully saturated rings. The summed E-state index contributed by atoms with van der Waals surface area (Å²) in [5, 5.41) is 0.519. The Balaban J connectivity index is 2.37. The minimum absolute atomic E-state index is 0.191. The van der Waals surface area contributed by atoms with E-state index in [1.165, 1.54) is 6.07 Å². The normalized spacial score (nSPS) is 10.3. The number of hydrogen-bond donors (Lipinski definition) is 1. The Bertz CT molecular complexity index is 645. The number of thiocarbonyl (C=S) groups is 1. The summed E-state index contributed by atoms with van der Waals surface area (Å²) in [4.78, 5) is 0.191. The predicted octanol–water partition coefficient (Wildman–Crippen LogP) is 4.21. The van der Waals surface area contributed by atoms with Crippen molar-refractivity contribution in [3.05, 3.63) is 58.4 Å². The smallest absolute Gasteiger partial charge is 0.137 e. The molecule has 0 saturated heterocycles. The summed E-state index contributed by atoms with van der Waals surface area (Å²) in [5.41, 5.74) is 6.67. The molecule has 0 atom stereocenters. The van der Waals surface area contributed by atoms with Gasteiger partial charge in [0.05, 0.1) is 5.56 Å². The van der Waals surface area contributed by atoms with Crippen LogP contribution in [-0.2, 0) is 0 Å². The lowest BCUT2D eigenvalue weighted by molar-refractivity contribution is 0.479. The third-order valence-electron chi connectivity index (χ3n) is 2.56. The summed E-state index contributed by atoms with van der Waals surface area (Å²) in [6.45, 7) is 1.67. The topological polar surface area (TPSA) is 35.2 Å². The van der Waals surface area contributed by atoms with Crippen LogP contribution < -0.4 is 10.5 Å². The van der Waals surface area contributed by atoms with E-state index in [1.807, 2.05) is 0 Å². The molecule has 0 radical (unpaired) electrons. The van der Waals surface area contributed by atoms with Gasteiger partial charge in [0.25, 0.3) is 0 Å². The maximum absolute atomic E-state index is 13.2. The van der Waals surface area contributed by atoms with Crippen molar-refractivity contribution in [2.75, 3.05) is 0 Å². The van der Waals surface area contributed by atoms with Crippen molar-refractivity contribution in [1.82, 2.24) is 0 Å². The fourth-order valence-corrected chi connectivity index (χ4v) is 1.92. The first-order valence-electron chi connectivity index (χ1n) is 5.51. The minimum Gasteiger partial charge on any atom is -0.457 e. The lowest BCUT2D eigenvalue weighted by atomic mass is 10.2. The Morgan fingerprint density at radius 2 is 2.00 bits per heavy atom. The van der Waals surface area contributed by atoms with E-state index in [2.05, 4.69) is 0 Å². The van der Waals surface area contributed by atoms with E-state index in [9.17, 15) is 4.39 Å². The van der Waals surface area contributed by atoms with Gasteiger partial charge in [-0.3, -0.25) is 0 Å². The first-order valence-corrected chi connectivity index (χ1v) is 6.29. The molecule has 2 aromatic rings. The lowest BCUT2D eigenvalue weighted by Crippen LogP contribution is -2.10. The molecule has 0 aliphatic rings. The van der Waals surface area contributed by atoms with Gasteiger partial charge in [-0.2, -0.15) is 0 Å². The van der Waals surface area contributed by atoms with Gasteiger partial charge in [-0.25, -0.2) is 4.39 Å². The van der Waals surface area contributed by atoms with Crippen molar-refractivity contribution in [1.29, 1.82) is 0 Å². The standard InChI is InChI=1S/C14H11ClFNOS/c1-8-6-10(3-4-12(8)16)18-13-5-2-9(15)7-11(13)14(17)19/h2-7H,1H3,(H2,17,19). The fourth-order valence-electron chi connectivity index (χ4n) is 1.59. The maximum Gasteiger partial charge on any atom is 0.137 e. The molecule has 0 bridgehead atoms. The summed E-state index contributed by atoms with van der Waals surface area (Å²) in [7, 11) is 0. The van der Waals surface area contributed by atoms with E-state index in [-0.39, 0.29) is 10.8 Å². The van der Waals surface area contributed by atoms with Crippen LogP contribution in [0.25, 0.3) is 0 Å². The molecule has 2 N–H and O–H groups in total. The molecule has 0 amide bonds. The number of nitrogens with two attached hydrogens (primary N) is 1. The monoisotopic (exact) mass is 295 g/mol. The number of halogens is 2. The van der Waals surface area contributed by atoms with E-state index >= 15 is 0 Å². The van der Waals surface area contributed by atoms with E-state index in [4.69, 9.17) is 34.3 Å². The highest BCUT2D eigenvalue weighted by atomic mass is 35.5. The molecule has 0 heterocycles. The van der Waals surface area contributed by atoms with E-state index in [0.717, 1.165) is 0 Å². The second-order valence-electron chi connectivity index (χ2n) is 4.02. The summed E-state index contributed by atoms with van der Waals surface area (Å²) in [5.74, 6) is 0.722. The van der Waals surface area contributed by atoms with Crippen LogP contribution in [-0.4, -0.2) is 4.99 Å². The van der Waals surface area contributed by atoms with Gasteiger partial charge >= 0.3 is 0 Å². The Morgan fingerprint density at radius 3 is 2.63 bits per heavy atom. The largest absolute Gasteiger partial charge is 0.457 e. The Hall–Kier alpha value is -1.65. The predicted molar refractivity (Wildman–Crippen MR) is 78.6 cm³/mol. The van der Waals surface area contributed by atoms with Gasteiger partial charge < -0.3 is 10.5 Å². The molecule has 2 nitrogen and oxygen atoms in total. The zero-order valence-electron chi connectivity index (χ0n) is 10.1. The Labute approximate surface area is 120 Å². The summed E-state index contributed by atoms with van der Waals surface area (Å²) >= 11 is 10.8. The molecule has 0 aromatic heterocycles. The molecular weight excluding hydrogens is 285 g/mol. The zero-order valence-corrected chi connectivity index (χ0v) is 11.7. The Kier molecular flexibility index (Phi) is 4.02. The van der Waals surface area contributed by atoms with Crippen LogP contribution in [0.4, 0.5) is 4.39 Å². The Morgan fingerprint density at radius 1 is 1.26 bits per heavy atom. The minimum atomic E-state index is -0.280. The van der Waals surface area contributed by atoms with Crippen LogP contribution in [0.15, 0.2) is 36.4 Å². The summed E-state index contributed by atoms with van der Waals surface area (Å²) in [6.07, 6.45) is 0. The first-order chi connectivity index (χ1) is 8.97. The molecule has 5 heteroatoms. The zero-order chi connectivity index (χ0) is 14.0. The quantitative estimate of drug-likeness (QED) is 0.861. The fraction of sp³-hybridized carbons (Fsp3) is 0.0714. The first kappa shape index (κ1) is 13.8. The highest BCUT2D eigenvalue weighted by Gasteiger charge is 2.09. The van der Waals surface area contributed by atoms with Crippen molar-refractivity contribution < 1.29 is 9.13 Å². The van der Waals surface area contributed by atoms with Gasteiger partial charge in [0, 0.05) is 5.02 Å². The van der Waals surface area contributed by atoms with Crippen LogP contribution in [0, 0.1) is 12.7 Å². The third-order valence-corrected chi connectivity index (χ3v) is 3.02.